The van der Waals surface area contributed by atoms with E-state index in [0.717, 1.165) is 39.5 Å². The van der Waals surface area contributed by atoms with Gasteiger partial charge in [0.1, 0.15) is 17.3 Å². The van der Waals surface area contributed by atoms with Crippen LogP contribution in [0.4, 0.5) is 5.82 Å². The van der Waals surface area contributed by atoms with Crippen molar-refractivity contribution < 1.29 is 0 Å². The predicted molar refractivity (Wildman–Crippen MR) is 85.1 cm³/mol. The fourth-order valence-corrected chi connectivity index (χ4v) is 2.82. The molecule has 1 aliphatic rings. The highest BCUT2D eigenvalue weighted by Crippen LogP contribution is 2.41. The van der Waals surface area contributed by atoms with Gasteiger partial charge < -0.3 is 10.3 Å². The van der Waals surface area contributed by atoms with Gasteiger partial charge in [-0.15, -0.1) is 0 Å². The lowest BCUT2D eigenvalue weighted by Gasteiger charge is -2.03. The Bertz CT molecular complexity index is 843. The van der Waals surface area contributed by atoms with E-state index in [1.165, 1.54) is 12.8 Å². The summed E-state index contributed by atoms with van der Waals surface area (Å²) in [4.78, 5) is 9.32. The predicted octanol–water partition coefficient (Wildman–Crippen LogP) is 3.40. The number of nitrogens with two attached hydrogens (primary N) is 1. The van der Waals surface area contributed by atoms with Crippen molar-refractivity contribution in [1.82, 2.24) is 14.5 Å². The first-order valence-electron chi connectivity index (χ1n) is 7.33. The first-order chi connectivity index (χ1) is 10.1. The van der Waals surface area contributed by atoms with Gasteiger partial charge in [-0.1, -0.05) is 12.1 Å². The minimum absolute atomic E-state index is 0.593. The van der Waals surface area contributed by atoms with Crippen molar-refractivity contribution in [2.24, 2.45) is 7.05 Å². The summed E-state index contributed by atoms with van der Waals surface area (Å²) in [6.45, 7) is 2.01. The Hall–Kier alpha value is -2.36. The fourth-order valence-electron chi connectivity index (χ4n) is 2.82. The zero-order valence-corrected chi connectivity index (χ0v) is 12.3. The summed E-state index contributed by atoms with van der Waals surface area (Å²) in [6, 6.07) is 10.4. The molecule has 0 spiro atoms. The molecule has 1 aliphatic carbocycles. The van der Waals surface area contributed by atoms with E-state index in [1.54, 1.807) is 0 Å². The summed E-state index contributed by atoms with van der Waals surface area (Å²) in [5.41, 5.74) is 10.2. The lowest BCUT2D eigenvalue weighted by molar-refractivity contribution is 0.807. The monoisotopic (exact) mass is 278 g/mol. The number of imidazole rings is 1. The second-order valence-electron chi connectivity index (χ2n) is 5.90. The van der Waals surface area contributed by atoms with E-state index in [1.807, 2.05) is 30.7 Å². The number of hydrogen-bond acceptors (Lipinski definition) is 3. The summed E-state index contributed by atoms with van der Waals surface area (Å²) in [5.74, 6) is 2.46. The second kappa shape index (κ2) is 4.32. The van der Waals surface area contributed by atoms with E-state index in [-0.39, 0.29) is 0 Å². The third kappa shape index (κ3) is 1.98. The van der Waals surface area contributed by atoms with Crippen LogP contribution in [0, 0.1) is 6.92 Å². The Morgan fingerprint density at radius 3 is 2.71 bits per heavy atom. The molecule has 4 rings (SSSR count). The number of fused-ring (bicyclic) bond motifs is 1. The van der Waals surface area contributed by atoms with Gasteiger partial charge in [-0.05, 0) is 38.0 Å². The summed E-state index contributed by atoms with van der Waals surface area (Å²) in [7, 11) is 2.01. The molecule has 21 heavy (non-hydrogen) atoms. The molecule has 106 valence electrons. The fraction of sp³-hybridized carbons (Fsp3) is 0.294. The second-order valence-corrected chi connectivity index (χ2v) is 5.90. The van der Waals surface area contributed by atoms with Crippen molar-refractivity contribution in [3.63, 3.8) is 0 Å². The van der Waals surface area contributed by atoms with Gasteiger partial charge in [-0.3, -0.25) is 4.98 Å². The maximum absolute atomic E-state index is 6.25. The number of nitrogens with zero attached hydrogens (tertiary/aromatic N) is 3. The molecular weight excluding hydrogens is 260 g/mol. The summed E-state index contributed by atoms with van der Waals surface area (Å²) in [6.07, 6.45) is 2.45. The highest BCUT2D eigenvalue weighted by Gasteiger charge is 2.29. The standard InChI is InChI=1S/C17H18N4/c1-10-3-4-12-9-13(7-8-14(12)19-10)15-16(18)21(2)17(20-15)11-5-6-11/h3-4,7-9,11H,5-6,18H2,1-2H3. The molecule has 1 aromatic carbocycles. The molecule has 2 N–H and O–H groups in total. The lowest BCUT2D eigenvalue weighted by atomic mass is 10.1. The number of rotatable bonds is 2. The van der Waals surface area contributed by atoms with Crippen LogP contribution in [0.1, 0.15) is 30.3 Å². The molecule has 4 heteroatoms. The number of hydrogen-bond donors (Lipinski definition) is 1. The van der Waals surface area contributed by atoms with E-state index in [4.69, 9.17) is 10.7 Å². The van der Waals surface area contributed by atoms with Gasteiger partial charge in [-0.25, -0.2) is 4.98 Å². The quantitative estimate of drug-likeness (QED) is 0.781. The van der Waals surface area contributed by atoms with Gasteiger partial charge in [0, 0.05) is 29.6 Å². The van der Waals surface area contributed by atoms with Crippen LogP contribution in [-0.4, -0.2) is 14.5 Å². The van der Waals surface area contributed by atoms with Crippen LogP contribution in [0.2, 0.25) is 0 Å². The normalized spacial score (nSPS) is 14.8. The van der Waals surface area contributed by atoms with Crippen molar-refractivity contribution in [3.8, 4) is 11.3 Å². The van der Waals surface area contributed by atoms with Crippen LogP contribution >= 0.6 is 0 Å². The van der Waals surface area contributed by atoms with Crippen LogP contribution in [-0.2, 0) is 7.05 Å². The van der Waals surface area contributed by atoms with Crippen LogP contribution < -0.4 is 5.73 Å². The molecule has 0 bridgehead atoms. The van der Waals surface area contributed by atoms with Crippen LogP contribution in [0.25, 0.3) is 22.2 Å². The van der Waals surface area contributed by atoms with Gasteiger partial charge in [-0.2, -0.15) is 0 Å². The molecule has 2 heterocycles. The van der Waals surface area contributed by atoms with E-state index >= 15 is 0 Å². The Balaban J connectivity index is 1.86. The Kier molecular flexibility index (Phi) is 2.55. The number of nitrogen functional groups attached to an aromatic ring is 1. The number of benzene rings is 1. The van der Waals surface area contributed by atoms with Crippen molar-refractivity contribution >= 4 is 16.7 Å². The van der Waals surface area contributed by atoms with Gasteiger partial charge >= 0.3 is 0 Å². The summed E-state index contributed by atoms with van der Waals surface area (Å²) < 4.78 is 2.03. The third-order valence-corrected chi connectivity index (χ3v) is 4.22. The van der Waals surface area contributed by atoms with E-state index < -0.39 is 0 Å². The molecule has 4 nitrogen and oxygen atoms in total. The molecule has 1 fully saturated rings. The maximum atomic E-state index is 6.25. The molecule has 0 amide bonds. The minimum atomic E-state index is 0.593. The molecular formula is C17H18N4. The molecule has 2 aromatic heterocycles. The molecule has 0 radical (unpaired) electrons. The highest BCUT2D eigenvalue weighted by molar-refractivity contribution is 5.85. The average molecular weight is 278 g/mol. The Morgan fingerprint density at radius 1 is 1.14 bits per heavy atom. The van der Waals surface area contributed by atoms with E-state index in [9.17, 15) is 0 Å². The number of aryl methyl sites for hydroxylation is 1. The number of pyridine rings is 1. The minimum Gasteiger partial charge on any atom is -0.383 e. The van der Waals surface area contributed by atoms with E-state index in [2.05, 4.69) is 23.2 Å². The molecule has 1 saturated carbocycles. The van der Waals surface area contributed by atoms with Crippen molar-refractivity contribution in [2.75, 3.05) is 5.73 Å². The summed E-state index contributed by atoms with van der Waals surface area (Å²) >= 11 is 0. The smallest absolute Gasteiger partial charge is 0.131 e. The van der Waals surface area contributed by atoms with Crippen molar-refractivity contribution in [1.29, 1.82) is 0 Å². The van der Waals surface area contributed by atoms with Crippen LogP contribution in [0.5, 0.6) is 0 Å². The topological polar surface area (TPSA) is 56.7 Å². The van der Waals surface area contributed by atoms with E-state index in [0.29, 0.717) is 5.92 Å². The zero-order chi connectivity index (χ0) is 14.6. The lowest BCUT2D eigenvalue weighted by Crippen LogP contribution is -2.00. The summed E-state index contributed by atoms with van der Waals surface area (Å²) in [5, 5.41) is 1.12. The highest BCUT2D eigenvalue weighted by atomic mass is 15.1. The largest absolute Gasteiger partial charge is 0.383 e. The molecule has 3 aromatic rings. The molecule has 0 saturated heterocycles. The Morgan fingerprint density at radius 2 is 1.95 bits per heavy atom. The average Bonchev–Trinajstić information content (AvgIpc) is 3.27. The van der Waals surface area contributed by atoms with Crippen molar-refractivity contribution in [3.05, 3.63) is 41.9 Å². The maximum Gasteiger partial charge on any atom is 0.131 e. The number of aromatic nitrogens is 3. The molecule has 0 aliphatic heterocycles. The first-order valence-corrected chi connectivity index (χ1v) is 7.33. The molecule has 0 atom stereocenters. The number of anilines is 1. The van der Waals surface area contributed by atoms with Gasteiger partial charge in [0.2, 0.25) is 0 Å². The van der Waals surface area contributed by atoms with Gasteiger partial charge in [0.25, 0.3) is 0 Å². The van der Waals surface area contributed by atoms with Crippen molar-refractivity contribution in [2.45, 2.75) is 25.7 Å². The van der Waals surface area contributed by atoms with Crippen LogP contribution in [0.15, 0.2) is 30.3 Å². The van der Waals surface area contributed by atoms with Gasteiger partial charge in [0.05, 0.1) is 5.52 Å². The SMILES string of the molecule is Cc1ccc2cc(-c3nc(C4CC4)n(C)c3N)ccc2n1. The third-order valence-electron chi connectivity index (χ3n) is 4.22. The molecule has 0 unspecified atom stereocenters. The first kappa shape index (κ1) is 12.4. The Labute approximate surface area is 123 Å². The zero-order valence-electron chi connectivity index (χ0n) is 12.3. The van der Waals surface area contributed by atoms with Crippen LogP contribution in [0.3, 0.4) is 0 Å². The van der Waals surface area contributed by atoms with Gasteiger partial charge in [0.15, 0.2) is 0 Å².